The molecular weight excluding hydrogens is 318 g/mol. The highest BCUT2D eigenvalue weighted by atomic mass is 32.2. The van der Waals surface area contributed by atoms with Crippen molar-refractivity contribution in [3.8, 4) is 0 Å². The van der Waals surface area contributed by atoms with Crippen LogP contribution in [-0.2, 0) is 24.7 Å². The van der Waals surface area contributed by atoms with Gasteiger partial charge in [-0.2, -0.15) is 4.31 Å². The predicted octanol–water partition coefficient (Wildman–Crippen LogP) is 0.223. The first-order chi connectivity index (χ1) is 9.66. The van der Waals surface area contributed by atoms with Crippen molar-refractivity contribution in [2.75, 3.05) is 18.1 Å². The van der Waals surface area contributed by atoms with Gasteiger partial charge >= 0.3 is 5.97 Å². The second-order valence-corrected chi connectivity index (χ2v) is 10.2. The van der Waals surface area contributed by atoms with Gasteiger partial charge in [0.05, 0.1) is 16.8 Å². The molecule has 2 aliphatic rings. The van der Waals surface area contributed by atoms with Crippen LogP contribution in [0.5, 0.6) is 0 Å². The zero-order chi connectivity index (χ0) is 15.9. The third-order valence-electron chi connectivity index (χ3n) is 4.41. The fourth-order valence-electron chi connectivity index (χ4n) is 3.38. The minimum absolute atomic E-state index is 0.0585. The minimum Gasteiger partial charge on any atom is -0.480 e. The van der Waals surface area contributed by atoms with E-state index in [0.29, 0.717) is 12.8 Å². The highest BCUT2D eigenvalue weighted by Gasteiger charge is 2.55. The zero-order valence-electron chi connectivity index (χ0n) is 12.0. The highest BCUT2D eigenvalue weighted by molar-refractivity contribution is 7.95. The van der Waals surface area contributed by atoms with Crippen LogP contribution in [0.3, 0.4) is 0 Å². The molecule has 2 unspecified atom stereocenters. The topological polar surface area (TPSA) is 109 Å². The third kappa shape index (κ3) is 2.83. The van der Waals surface area contributed by atoms with Crippen molar-refractivity contribution in [1.29, 1.82) is 0 Å². The molecule has 0 bridgehead atoms. The van der Waals surface area contributed by atoms with Crippen molar-refractivity contribution in [1.82, 2.24) is 4.31 Å². The Morgan fingerprint density at radius 2 is 2.10 bits per heavy atom. The summed E-state index contributed by atoms with van der Waals surface area (Å²) in [4.78, 5) is 11.7. The van der Waals surface area contributed by atoms with E-state index in [2.05, 4.69) is 0 Å². The van der Waals surface area contributed by atoms with Gasteiger partial charge in [-0.25, -0.2) is 16.8 Å². The SMILES string of the molecule is CCCC1(C(=O)O)CCCN1S(=O)(=O)C1CCS(=O)(=O)C1. The maximum absolute atomic E-state index is 12.7. The summed E-state index contributed by atoms with van der Waals surface area (Å²) in [5.41, 5.74) is -1.40. The summed E-state index contributed by atoms with van der Waals surface area (Å²) in [5, 5.41) is 8.55. The van der Waals surface area contributed by atoms with E-state index in [9.17, 15) is 26.7 Å². The molecule has 0 amide bonds. The Labute approximate surface area is 125 Å². The number of hydrogen-bond donors (Lipinski definition) is 1. The standard InChI is InChI=1S/C12H21NO6S2/c1-2-5-12(11(14)15)6-3-7-13(12)21(18,19)10-4-8-20(16,17)9-10/h10H,2-9H2,1H3,(H,14,15). The molecule has 0 aromatic heterocycles. The number of sulfonamides is 1. The van der Waals surface area contributed by atoms with Crippen molar-refractivity contribution in [2.24, 2.45) is 0 Å². The summed E-state index contributed by atoms with van der Waals surface area (Å²) in [6.45, 7) is 1.97. The van der Waals surface area contributed by atoms with Crippen LogP contribution in [0.15, 0.2) is 0 Å². The van der Waals surface area contributed by atoms with E-state index in [0.717, 1.165) is 4.31 Å². The smallest absolute Gasteiger partial charge is 0.325 e. The number of aliphatic carboxylic acids is 1. The molecule has 2 aliphatic heterocycles. The van der Waals surface area contributed by atoms with Gasteiger partial charge in [0.2, 0.25) is 10.0 Å². The molecule has 21 heavy (non-hydrogen) atoms. The number of carboxylic acid groups (broad SMARTS) is 1. The Kier molecular flexibility index (Phi) is 4.38. The molecule has 0 saturated carbocycles. The van der Waals surface area contributed by atoms with E-state index in [1.807, 2.05) is 6.92 Å². The van der Waals surface area contributed by atoms with Gasteiger partial charge in [0.1, 0.15) is 5.54 Å². The molecule has 0 radical (unpaired) electrons. The normalized spacial score (nSPS) is 33.3. The third-order valence-corrected chi connectivity index (χ3v) is 8.78. The molecule has 2 saturated heterocycles. The number of carbonyl (C=O) groups is 1. The molecule has 0 aromatic rings. The zero-order valence-corrected chi connectivity index (χ0v) is 13.6. The lowest BCUT2D eigenvalue weighted by Gasteiger charge is -2.35. The average molecular weight is 339 g/mol. The van der Waals surface area contributed by atoms with Crippen LogP contribution in [0.1, 0.15) is 39.0 Å². The van der Waals surface area contributed by atoms with Crippen LogP contribution in [0, 0.1) is 0 Å². The van der Waals surface area contributed by atoms with Crippen LogP contribution >= 0.6 is 0 Å². The first kappa shape index (κ1) is 16.7. The lowest BCUT2D eigenvalue weighted by atomic mass is 9.92. The van der Waals surface area contributed by atoms with Crippen LogP contribution in [0.2, 0.25) is 0 Å². The maximum Gasteiger partial charge on any atom is 0.325 e. The number of hydrogen-bond acceptors (Lipinski definition) is 5. The summed E-state index contributed by atoms with van der Waals surface area (Å²) in [5.74, 6) is -1.67. The summed E-state index contributed by atoms with van der Waals surface area (Å²) >= 11 is 0. The van der Waals surface area contributed by atoms with E-state index >= 15 is 0 Å². The first-order valence-electron chi connectivity index (χ1n) is 7.11. The van der Waals surface area contributed by atoms with E-state index in [4.69, 9.17) is 0 Å². The second-order valence-electron chi connectivity index (χ2n) is 5.83. The first-order valence-corrected chi connectivity index (χ1v) is 10.4. The van der Waals surface area contributed by atoms with Gasteiger partial charge in [0.15, 0.2) is 9.84 Å². The van der Waals surface area contributed by atoms with Crippen molar-refractivity contribution in [3.05, 3.63) is 0 Å². The Balaban J connectivity index is 2.36. The van der Waals surface area contributed by atoms with Gasteiger partial charge in [-0.15, -0.1) is 0 Å². The summed E-state index contributed by atoms with van der Waals surface area (Å²) in [6.07, 6.45) is 1.64. The van der Waals surface area contributed by atoms with Crippen LogP contribution < -0.4 is 0 Å². The fourth-order valence-corrected chi connectivity index (χ4v) is 8.29. The van der Waals surface area contributed by atoms with E-state index in [1.54, 1.807) is 0 Å². The Morgan fingerprint density at radius 1 is 1.43 bits per heavy atom. The molecule has 2 heterocycles. The average Bonchev–Trinajstić information content (AvgIpc) is 2.94. The van der Waals surface area contributed by atoms with Gasteiger partial charge in [-0.1, -0.05) is 13.3 Å². The van der Waals surface area contributed by atoms with E-state index < -0.39 is 42.4 Å². The van der Waals surface area contributed by atoms with Gasteiger partial charge in [0.25, 0.3) is 0 Å². The van der Waals surface area contributed by atoms with Crippen LogP contribution in [0.25, 0.3) is 0 Å². The van der Waals surface area contributed by atoms with Gasteiger partial charge in [-0.05, 0) is 25.7 Å². The molecule has 0 aromatic carbocycles. The summed E-state index contributed by atoms with van der Waals surface area (Å²) in [7, 11) is -7.24. The van der Waals surface area contributed by atoms with Gasteiger partial charge in [-0.3, -0.25) is 4.79 Å². The van der Waals surface area contributed by atoms with E-state index in [1.165, 1.54) is 0 Å². The summed E-state index contributed by atoms with van der Waals surface area (Å²) < 4.78 is 49.5. The number of rotatable bonds is 5. The van der Waals surface area contributed by atoms with Crippen LogP contribution in [-0.4, -0.2) is 61.1 Å². The monoisotopic (exact) mass is 339 g/mol. The number of carboxylic acids is 1. The van der Waals surface area contributed by atoms with Crippen LogP contribution in [0.4, 0.5) is 0 Å². The molecule has 122 valence electrons. The quantitative estimate of drug-likeness (QED) is 0.767. The minimum atomic E-state index is -3.91. The molecule has 0 spiro atoms. The summed E-state index contributed by atoms with van der Waals surface area (Å²) in [6, 6.07) is 0. The molecule has 7 nitrogen and oxygen atoms in total. The Bertz CT molecular complexity index is 626. The molecule has 2 fully saturated rings. The highest BCUT2D eigenvalue weighted by Crippen LogP contribution is 2.38. The van der Waals surface area contributed by atoms with Crippen molar-refractivity contribution in [2.45, 2.75) is 49.8 Å². The molecule has 0 aliphatic carbocycles. The molecule has 2 rings (SSSR count). The Hall–Kier alpha value is -0.670. The lowest BCUT2D eigenvalue weighted by Crippen LogP contribution is -2.55. The van der Waals surface area contributed by atoms with Crippen molar-refractivity contribution >= 4 is 25.8 Å². The van der Waals surface area contributed by atoms with E-state index in [-0.39, 0.29) is 31.6 Å². The molecule has 2 atom stereocenters. The van der Waals surface area contributed by atoms with Crippen molar-refractivity contribution < 1.29 is 26.7 Å². The lowest BCUT2D eigenvalue weighted by molar-refractivity contribution is -0.147. The molecular formula is C12H21NO6S2. The second kappa shape index (κ2) is 5.51. The molecule has 1 N–H and O–H groups in total. The number of nitrogens with zero attached hydrogens (tertiary/aromatic N) is 1. The van der Waals surface area contributed by atoms with Crippen molar-refractivity contribution in [3.63, 3.8) is 0 Å². The molecule has 9 heteroatoms. The Morgan fingerprint density at radius 3 is 2.57 bits per heavy atom. The van der Waals surface area contributed by atoms with Gasteiger partial charge in [0, 0.05) is 6.54 Å². The predicted molar refractivity (Wildman–Crippen MR) is 77.2 cm³/mol. The largest absolute Gasteiger partial charge is 0.480 e. The maximum atomic E-state index is 12.7. The van der Waals surface area contributed by atoms with Gasteiger partial charge < -0.3 is 5.11 Å². The number of sulfone groups is 1. The fraction of sp³-hybridized carbons (Fsp3) is 0.917.